The molecule has 0 amide bonds. The van der Waals surface area contributed by atoms with Crippen molar-refractivity contribution in [3.63, 3.8) is 0 Å². The maximum atomic E-state index is 4.92. The van der Waals surface area contributed by atoms with Gasteiger partial charge in [0.2, 0.25) is 0 Å². The highest BCUT2D eigenvalue weighted by molar-refractivity contribution is 7.17. The molecule has 4 rings (SSSR count). The van der Waals surface area contributed by atoms with Crippen LogP contribution in [0, 0.1) is 6.92 Å². The summed E-state index contributed by atoms with van der Waals surface area (Å²) >= 11 is 1.70. The zero-order chi connectivity index (χ0) is 14.9. The number of nitrogens with zero attached hydrogens (tertiary/aromatic N) is 2. The van der Waals surface area contributed by atoms with Gasteiger partial charge >= 0.3 is 0 Å². The van der Waals surface area contributed by atoms with Crippen molar-refractivity contribution in [1.29, 1.82) is 0 Å². The van der Waals surface area contributed by atoms with Gasteiger partial charge in [0, 0.05) is 30.6 Å². The molecule has 1 aliphatic heterocycles. The minimum absolute atomic E-state index is 0.183. The Balaban J connectivity index is 1.90. The first-order chi connectivity index (χ1) is 10.8. The van der Waals surface area contributed by atoms with Crippen LogP contribution in [0.1, 0.15) is 17.4 Å². The molecule has 3 heterocycles. The largest absolute Gasteiger partial charge is 0.313 e. The third-order valence-corrected chi connectivity index (χ3v) is 5.02. The van der Waals surface area contributed by atoms with Crippen molar-refractivity contribution in [2.45, 2.75) is 13.0 Å². The van der Waals surface area contributed by atoms with Gasteiger partial charge in [-0.1, -0.05) is 30.3 Å². The fourth-order valence-electron chi connectivity index (χ4n) is 2.90. The lowest BCUT2D eigenvalue weighted by atomic mass is 10.1. The molecule has 1 unspecified atom stereocenters. The normalized spacial score (nSPS) is 18.7. The van der Waals surface area contributed by atoms with E-state index >= 15 is 0 Å². The number of fused-ring (bicyclic) bond motifs is 1. The van der Waals surface area contributed by atoms with Crippen molar-refractivity contribution in [1.82, 2.24) is 20.6 Å². The number of hydrogen-bond donors (Lipinski definition) is 2. The van der Waals surface area contributed by atoms with E-state index in [1.165, 1.54) is 10.9 Å². The molecular formula is C17H18N4S. The first-order valence-electron chi connectivity index (χ1n) is 7.58. The molecule has 1 aromatic carbocycles. The molecule has 4 nitrogen and oxygen atoms in total. The Morgan fingerprint density at radius 2 is 2.00 bits per heavy atom. The Labute approximate surface area is 133 Å². The van der Waals surface area contributed by atoms with Crippen LogP contribution in [0.4, 0.5) is 0 Å². The number of hydrogen-bond acceptors (Lipinski definition) is 5. The van der Waals surface area contributed by atoms with Gasteiger partial charge in [0.1, 0.15) is 10.7 Å². The summed E-state index contributed by atoms with van der Waals surface area (Å²) in [6, 6.07) is 10.6. The number of nitrogens with one attached hydrogen (secondary N) is 2. The molecule has 0 spiro atoms. The minimum atomic E-state index is 0.183. The van der Waals surface area contributed by atoms with Gasteiger partial charge in [-0.2, -0.15) is 0 Å². The van der Waals surface area contributed by atoms with Crippen LogP contribution in [0.2, 0.25) is 0 Å². The zero-order valence-corrected chi connectivity index (χ0v) is 13.3. The van der Waals surface area contributed by atoms with Crippen LogP contribution in [-0.2, 0) is 0 Å². The number of thiophene rings is 1. The summed E-state index contributed by atoms with van der Waals surface area (Å²) in [5, 5.41) is 10.3. The third kappa shape index (κ3) is 2.41. The highest BCUT2D eigenvalue weighted by atomic mass is 32.1. The molecule has 1 saturated heterocycles. The minimum Gasteiger partial charge on any atom is -0.313 e. The second kappa shape index (κ2) is 5.76. The van der Waals surface area contributed by atoms with E-state index in [4.69, 9.17) is 9.97 Å². The van der Waals surface area contributed by atoms with Gasteiger partial charge in [-0.15, -0.1) is 11.3 Å². The first-order valence-corrected chi connectivity index (χ1v) is 8.46. The Hall–Kier alpha value is -1.82. The molecule has 1 fully saturated rings. The second-order valence-electron chi connectivity index (χ2n) is 5.61. The Morgan fingerprint density at radius 1 is 1.14 bits per heavy atom. The maximum absolute atomic E-state index is 4.92. The van der Waals surface area contributed by atoms with Crippen LogP contribution < -0.4 is 10.6 Å². The highest BCUT2D eigenvalue weighted by Crippen LogP contribution is 2.33. The van der Waals surface area contributed by atoms with E-state index < -0.39 is 0 Å². The van der Waals surface area contributed by atoms with Crippen molar-refractivity contribution in [2.75, 3.05) is 19.6 Å². The Bertz CT molecular complexity index is 791. The van der Waals surface area contributed by atoms with Gasteiger partial charge in [0.25, 0.3) is 0 Å². The number of benzene rings is 1. The van der Waals surface area contributed by atoms with Crippen LogP contribution in [0.5, 0.6) is 0 Å². The van der Waals surface area contributed by atoms with Gasteiger partial charge in [0.05, 0.1) is 11.7 Å². The number of rotatable bonds is 2. The van der Waals surface area contributed by atoms with Gasteiger partial charge < -0.3 is 10.6 Å². The van der Waals surface area contributed by atoms with Crippen molar-refractivity contribution in [3.8, 4) is 11.3 Å². The van der Waals surface area contributed by atoms with Gasteiger partial charge in [-0.25, -0.2) is 9.97 Å². The van der Waals surface area contributed by atoms with Crippen molar-refractivity contribution in [3.05, 3.63) is 47.1 Å². The van der Waals surface area contributed by atoms with E-state index in [9.17, 15) is 0 Å². The average Bonchev–Trinajstić information content (AvgIpc) is 2.97. The van der Waals surface area contributed by atoms with E-state index in [0.29, 0.717) is 0 Å². The number of aryl methyl sites for hydroxylation is 1. The topological polar surface area (TPSA) is 49.8 Å². The summed E-state index contributed by atoms with van der Waals surface area (Å²) in [6.07, 6.45) is 0. The highest BCUT2D eigenvalue weighted by Gasteiger charge is 2.21. The van der Waals surface area contributed by atoms with E-state index in [0.717, 1.165) is 41.5 Å². The molecule has 2 N–H and O–H groups in total. The van der Waals surface area contributed by atoms with Crippen LogP contribution in [0.25, 0.3) is 21.5 Å². The first kappa shape index (κ1) is 13.8. The molecule has 0 radical (unpaired) electrons. The van der Waals surface area contributed by atoms with E-state index in [2.05, 4.69) is 47.2 Å². The van der Waals surface area contributed by atoms with Gasteiger partial charge in [-0.3, -0.25) is 0 Å². The molecule has 0 saturated carbocycles. The number of piperazine rings is 1. The molecule has 22 heavy (non-hydrogen) atoms. The van der Waals surface area contributed by atoms with Crippen LogP contribution in [-0.4, -0.2) is 29.6 Å². The summed E-state index contributed by atoms with van der Waals surface area (Å²) in [5.41, 5.74) is 3.45. The zero-order valence-electron chi connectivity index (χ0n) is 12.5. The van der Waals surface area contributed by atoms with Crippen molar-refractivity contribution < 1.29 is 0 Å². The lowest BCUT2D eigenvalue weighted by Crippen LogP contribution is -2.43. The summed E-state index contributed by atoms with van der Waals surface area (Å²) in [5.74, 6) is 0.889. The van der Waals surface area contributed by atoms with Crippen molar-refractivity contribution >= 4 is 21.6 Å². The molecule has 0 aliphatic carbocycles. The van der Waals surface area contributed by atoms with Crippen LogP contribution in [0.3, 0.4) is 0 Å². The molecule has 1 aliphatic rings. The summed E-state index contributed by atoms with van der Waals surface area (Å²) < 4.78 is 0. The summed E-state index contributed by atoms with van der Waals surface area (Å²) in [7, 11) is 0. The molecule has 5 heteroatoms. The SMILES string of the molecule is Cc1csc2nc(C3CNCCN3)nc(-c3ccccc3)c12. The Morgan fingerprint density at radius 3 is 2.77 bits per heavy atom. The van der Waals surface area contributed by atoms with Crippen molar-refractivity contribution in [2.24, 2.45) is 0 Å². The fourth-order valence-corrected chi connectivity index (χ4v) is 3.83. The molecule has 1 atom stereocenters. The standard InChI is InChI=1S/C17H18N4S/c1-11-10-22-17-14(11)15(12-5-3-2-4-6-12)20-16(21-17)13-9-18-7-8-19-13/h2-6,10,13,18-19H,7-9H2,1H3. The Kier molecular flexibility index (Phi) is 3.62. The molecule has 3 aromatic rings. The monoisotopic (exact) mass is 310 g/mol. The molecule has 2 aromatic heterocycles. The molecule has 0 bridgehead atoms. The second-order valence-corrected chi connectivity index (χ2v) is 6.46. The van der Waals surface area contributed by atoms with Gasteiger partial charge in [-0.05, 0) is 17.9 Å². The number of aromatic nitrogens is 2. The summed E-state index contributed by atoms with van der Waals surface area (Å²) in [4.78, 5) is 10.8. The van der Waals surface area contributed by atoms with Crippen LogP contribution in [0.15, 0.2) is 35.7 Å². The fraction of sp³-hybridized carbons (Fsp3) is 0.294. The van der Waals surface area contributed by atoms with E-state index in [1.54, 1.807) is 11.3 Å². The average molecular weight is 310 g/mol. The molecular weight excluding hydrogens is 292 g/mol. The lowest BCUT2D eigenvalue weighted by molar-refractivity contribution is 0.416. The van der Waals surface area contributed by atoms with E-state index in [-0.39, 0.29) is 6.04 Å². The molecule has 112 valence electrons. The maximum Gasteiger partial charge on any atom is 0.148 e. The predicted molar refractivity (Wildman–Crippen MR) is 91.2 cm³/mol. The lowest BCUT2D eigenvalue weighted by Gasteiger charge is -2.23. The third-order valence-electron chi connectivity index (χ3n) is 4.03. The van der Waals surface area contributed by atoms with Gasteiger partial charge in [0.15, 0.2) is 0 Å². The van der Waals surface area contributed by atoms with Crippen LogP contribution >= 0.6 is 11.3 Å². The predicted octanol–water partition coefficient (Wildman–Crippen LogP) is 2.90. The smallest absolute Gasteiger partial charge is 0.148 e. The quantitative estimate of drug-likeness (QED) is 0.764. The summed E-state index contributed by atoms with van der Waals surface area (Å²) in [6.45, 7) is 4.97. The van der Waals surface area contributed by atoms with E-state index in [1.807, 2.05) is 6.07 Å².